The van der Waals surface area contributed by atoms with E-state index in [2.05, 4.69) is 35.5 Å². The number of primary sulfonamides is 1. The van der Waals surface area contributed by atoms with Crippen LogP contribution in [0.5, 0.6) is 0 Å². The number of nitrogens with one attached hydrogen (secondary N) is 1. The van der Waals surface area contributed by atoms with Gasteiger partial charge in [0.05, 0.1) is 12.4 Å². The van der Waals surface area contributed by atoms with Crippen molar-refractivity contribution in [3.8, 4) is 0 Å². The number of H-pyrrole nitrogens is 1. The van der Waals surface area contributed by atoms with E-state index in [1.807, 2.05) is 0 Å². The molecule has 0 spiro atoms. The predicted molar refractivity (Wildman–Crippen MR) is 47.6 cm³/mol. The molecule has 2 rings (SSSR count). The van der Waals surface area contributed by atoms with Gasteiger partial charge in [-0.2, -0.15) is 15.4 Å². The van der Waals surface area contributed by atoms with E-state index in [1.54, 1.807) is 12.4 Å². The molecule has 9 nitrogen and oxygen atoms in total. The van der Waals surface area contributed by atoms with Crippen molar-refractivity contribution in [1.29, 1.82) is 0 Å². The monoisotopic (exact) mass is 229 g/mol. The topological polar surface area (TPSA) is 140 Å². The second-order valence-electron chi connectivity index (χ2n) is 2.12. The Bertz CT molecular complexity index is 450. The van der Waals surface area contributed by atoms with Crippen molar-refractivity contribution in [2.24, 2.45) is 5.14 Å². The summed E-state index contributed by atoms with van der Waals surface area (Å²) in [5.74, 6) is 0. The second kappa shape index (κ2) is 5.07. The van der Waals surface area contributed by atoms with Crippen LogP contribution in [0, 0.1) is 0 Å². The maximum absolute atomic E-state index is 10.5. The van der Waals surface area contributed by atoms with Crippen LogP contribution in [0.1, 0.15) is 0 Å². The number of sulfonamides is 1. The Kier molecular flexibility index (Phi) is 3.76. The molecule has 0 fully saturated rings. The third kappa shape index (κ3) is 4.19. The molecule has 0 aliphatic carbocycles. The van der Waals surface area contributed by atoms with Crippen molar-refractivity contribution < 1.29 is 8.42 Å². The minimum atomic E-state index is -3.77. The molecule has 0 aliphatic heterocycles. The van der Waals surface area contributed by atoms with Gasteiger partial charge in [-0.1, -0.05) is 0 Å². The van der Waals surface area contributed by atoms with Crippen LogP contribution in [-0.4, -0.2) is 38.8 Å². The summed E-state index contributed by atoms with van der Waals surface area (Å²) in [6.07, 6.45) is 5.29. The molecule has 0 saturated carbocycles. The lowest BCUT2D eigenvalue weighted by atomic mass is 11.0. The van der Waals surface area contributed by atoms with Gasteiger partial charge in [0.25, 0.3) is 15.2 Å². The summed E-state index contributed by atoms with van der Waals surface area (Å²) >= 11 is 0. The first-order chi connectivity index (χ1) is 7.11. The molecular weight excluding hydrogens is 222 g/mol. The first-order valence-electron chi connectivity index (χ1n) is 3.55. The van der Waals surface area contributed by atoms with Gasteiger partial charge < -0.3 is 0 Å². The normalized spacial score (nSPS) is 10.2. The number of hydrogen-bond donors (Lipinski definition) is 2. The van der Waals surface area contributed by atoms with Crippen LogP contribution >= 0.6 is 0 Å². The Morgan fingerprint density at radius 3 is 1.93 bits per heavy atom. The summed E-state index contributed by atoms with van der Waals surface area (Å²) < 4.78 is 20.9. The van der Waals surface area contributed by atoms with Gasteiger partial charge >= 0.3 is 0 Å². The molecule has 10 heteroatoms. The van der Waals surface area contributed by atoms with Crippen molar-refractivity contribution in [3.63, 3.8) is 0 Å². The maximum atomic E-state index is 10.5. The van der Waals surface area contributed by atoms with Crippen LogP contribution in [-0.2, 0) is 10.0 Å². The highest BCUT2D eigenvalue weighted by Crippen LogP contribution is 1.91. The number of nitrogens with zero attached hydrogens (tertiary/aromatic N) is 5. The van der Waals surface area contributed by atoms with Gasteiger partial charge in [0.15, 0.2) is 0 Å². The Labute approximate surface area is 84.8 Å². The van der Waals surface area contributed by atoms with E-state index in [-0.39, 0.29) is 0 Å². The van der Waals surface area contributed by atoms with E-state index in [0.717, 1.165) is 12.7 Å². The van der Waals surface area contributed by atoms with Crippen LogP contribution in [0.3, 0.4) is 0 Å². The first-order valence-corrected chi connectivity index (χ1v) is 5.10. The quantitative estimate of drug-likeness (QED) is 0.595. The van der Waals surface area contributed by atoms with Crippen molar-refractivity contribution in [1.82, 2.24) is 30.4 Å². The summed E-state index contributed by atoms with van der Waals surface area (Å²) in [6.45, 7) is 0. The molecule has 15 heavy (non-hydrogen) atoms. The predicted octanol–water partition coefficient (Wildman–Crippen LogP) is -1.68. The Balaban J connectivity index is 0.000000187. The van der Waals surface area contributed by atoms with Gasteiger partial charge in [-0.05, 0) is 0 Å². The summed E-state index contributed by atoms with van der Waals surface area (Å²) in [5, 5.41) is 13.6. The third-order valence-corrected chi connectivity index (χ3v) is 1.78. The van der Waals surface area contributed by atoms with Gasteiger partial charge in [-0.3, -0.25) is 0 Å². The summed E-state index contributed by atoms with van der Waals surface area (Å²) in [7, 11) is -3.77. The van der Waals surface area contributed by atoms with Crippen LogP contribution < -0.4 is 5.14 Å². The van der Waals surface area contributed by atoms with Gasteiger partial charge in [0, 0.05) is 0 Å². The standard InChI is InChI=1S/C3H4N4O2S.C2H3N3/c4-10(8,9)3-6-1-5-2-7-3;1-2-4-5-3-1/h1-2H,(H2,4,8,9);1-2H,(H,3,4,5). The zero-order valence-electron chi connectivity index (χ0n) is 7.35. The molecule has 0 aliphatic rings. The number of rotatable bonds is 1. The SMILES string of the molecule is NS(=O)(=O)c1ncncn1.c1cn[nH]n1. The van der Waals surface area contributed by atoms with Crippen LogP contribution in [0.2, 0.25) is 0 Å². The zero-order valence-corrected chi connectivity index (χ0v) is 8.16. The fourth-order valence-corrected chi connectivity index (χ4v) is 0.930. The molecule has 2 aromatic heterocycles. The van der Waals surface area contributed by atoms with E-state index in [1.165, 1.54) is 0 Å². The highest BCUT2D eigenvalue weighted by atomic mass is 32.2. The maximum Gasteiger partial charge on any atom is 0.273 e. The average molecular weight is 229 g/mol. The van der Waals surface area contributed by atoms with Gasteiger partial charge in [-0.15, -0.1) is 0 Å². The summed E-state index contributed by atoms with van der Waals surface area (Å²) in [4.78, 5) is 10.0. The van der Waals surface area contributed by atoms with Gasteiger partial charge in [-0.25, -0.2) is 28.5 Å². The molecule has 80 valence electrons. The number of nitrogens with two attached hydrogens (primary N) is 1. The molecule has 3 N–H and O–H groups in total. The number of hydrogen-bond acceptors (Lipinski definition) is 7. The smallest absolute Gasteiger partial charge is 0.225 e. The molecule has 0 aromatic carbocycles. The molecular formula is C5H7N7O2S. The molecule has 2 heterocycles. The largest absolute Gasteiger partial charge is 0.273 e. The van der Waals surface area contributed by atoms with E-state index in [0.29, 0.717) is 0 Å². The summed E-state index contributed by atoms with van der Waals surface area (Å²) in [5.41, 5.74) is 0. The van der Waals surface area contributed by atoms with Crippen molar-refractivity contribution in [2.45, 2.75) is 5.16 Å². The lowest BCUT2D eigenvalue weighted by molar-refractivity contribution is 0.587. The molecule has 0 unspecified atom stereocenters. The Hall–Kier alpha value is -1.94. The molecule has 0 atom stereocenters. The van der Waals surface area contributed by atoms with Crippen molar-refractivity contribution >= 4 is 10.0 Å². The highest BCUT2D eigenvalue weighted by Gasteiger charge is 2.08. The van der Waals surface area contributed by atoms with E-state index in [9.17, 15) is 8.42 Å². The molecule has 0 bridgehead atoms. The van der Waals surface area contributed by atoms with Crippen LogP contribution in [0.25, 0.3) is 0 Å². The molecule has 0 saturated heterocycles. The lowest BCUT2D eigenvalue weighted by Crippen LogP contribution is -2.15. The van der Waals surface area contributed by atoms with E-state index in [4.69, 9.17) is 0 Å². The molecule has 0 radical (unpaired) electrons. The first kappa shape index (κ1) is 11.1. The highest BCUT2D eigenvalue weighted by molar-refractivity contribution is 7.89. The third-order valence-electron chi connectivity index (χ3n) is 1.06. The minimum Gasteiger partial charge on any atom is -0.225 e. The van der Waals surface area contributed by atoms with Gasteiger partial charge in [0.2, 0.25) is 0 Å². The van der Waals surface area contributed by atoms with E-state index >= 15 is 0 Å². The van der Waals surface area contributed by atoms with E-state index < -0.39 is 15.2 Å². The zero-order chi connectivity index (χ0) is 11.1. The molecule has 0 amide bonds. The summed E-state index contributed by atoms with van der Waals surface area (Å²) in [6, 6.07) is 0. The Morgan fingerprint density at radius 2 is 1.67 bits per heavy atom. The fourth-order valence-electron chi connectivity index (χ4n) is 0.542. The Morgan fingerprint density at radius 1 is 1.13 bits per heavy atom. The second-order valence-corrected chi connectivity index (χ2v) is 3.58. The average Bonchev–Trinajstić information content (AvgIpc) is 2.76. The fraction of sp³-hybridized carbons (Fsp3) is 0. The van der Waals surface area contributed by atoms with Gasteiger partial charge in [0.1, 0.15) is 12.7 Å². The number of aromatic amines is 1. The van der Waals surface area contributed by atoms with Crippen molar-refractivity contribution in [2.75, 3.05) is 0 Å². The lowest BCUT2D eigenvalue weighted by Gasteiger charge is -1.90. The number of aromatic nitrogens is 6. The van der Waals surface area contributed by atoms with Crippen LogP contribution in [0.15, 0.2) is 30.2 Å². The van der Waals surface area contributed by atoms with Crippen molar-refractivity contribution in [3.05, 3.63) is 25.0 Å². The molecule has 2 aromatic rings. The van der Waals surface area contributed by atoms with Crippen LogP contribution in [0.4, 0.5) is 0 Å². The minimum absolute atomic E-state index is 0.414.